The quantitative estimate of drug-likeness (QED) is 0.734. The largest absolute Gasteiger partial charge is 0.402 e. The summed E-state index contributed by atoms with van der Waals surface area (Å²) >= 11 is 4.34. The van der Waals surface area contributed by atoms with Crippen LogP contribution in [0.3, 0.4) is 0 Å². The monoisotopic (exact) mass is 264 g/mol. The molecule has 0 atom stereocenters. The number of thiocarbonyl (C=S) groups is 1. The fraction of sp³-hybridized carbons (Fsp3) is 0.833. The Morgan fingerprint density at radius 2 is 1.93 bits per heavy atom. The molecule has 0 fully saturated rings. The molecule has 0 spiro atoms. The molecule has 0 aromatic heterocycles. The van der Waals surface area contributed by atoms with Crippen LogP contribution in [0.25, 0.3) is 0 Å². The summed E-state index contributed by atoms with van der Waals surface area (Å²) in [4.78, 5) is -0.351. The van der Waals surface area contributed by atoms with Crippen LogP contribution in [-0.2, 0) is 10.0 Å². The highest BCUT2D eigenvalue weighted by molar-refractivity contribution is 7.92. The number of alkyl halides is 3. The van der Waals surface area contributed by atoms with Crippen LogP contribution in [0.2, 0.25) is 0 Å². The summed E-state index contributed by atoms with van der Waals surface area (Å²) in [5.41, 5.74) is 4.98. The van der Waals surface area contributed by atoms with Crippen molar-refractivity contribution in [2.24, 2.45) is 5.73 Å². The lowest BCUT2D eigenvalue weighted by Gasteiger charge is -2.21. The molecule has 15 heavy (non-hydrogen) atoms. The molecule has 0 aliphatic rings. The van der Waals surface area contributed by atoms with Gasteiger partial charge in [0.05, 0.1) is 4.99 Å². The van der Waals surface area contributed by atoms with Crippen molar-refractivity contribution in [2.45, 2.75) is 13.1 Å². The average Bonchev–Trinajstić information content (AvgIpc) is 1.95. The minimum atomic E-state index is -4.57. The molecular formula is C6H11F3N2O2S2. The third-order valence-corrected chi connectivity index (χ3v) is 3.60. The standard InChI is InChI=1S/C6H11F3N2O2S2/c1-2-11(4-6(7,8)9)15(12,13)3-5(10)14/h2-4H2,1H3,(H2,10,14). The maximum Gasteiger partial charge on any atom is 0.402 e. The smallest absolute Gasteiger partial charge is 0.392 e. The highest BCUT2D eigenvalue weighted by Gasteiger charge is 2.35. The van der Waals surface area contributed by atoms with Crippen molar-refractivity contribution in [1.82, 2.24) is 4.31 Å². The fourth-order valence-electron chi connectivity index (χ4n) is 0.878. The number of nitrogens with zero attached hydrogens (tertiary/aromatic N) is 1. The number of halogens is 3. The van der Waals surface area contributed by atoms with Gasteiger partial charge in [0.1, 0.15) is 12.3 Å². The second-order valence-electron chi connectivity index (χ2n) is 2.76. The number of rotatable bonds is 5. The van der Waals surface area contributed by atoms with Gasteiger partial charge in [0.25, 0.3) is 0 Å². The summed E-state index contributed by atoms with van der Waals surface area (Å²) in [6, 6.07) is 0. The Morgan fingerprint density at radius 1 is 1.47 bits per heavy atom. The summed E-state index contributed by atoms with van der Waals surface area (Å²) in [5.74, 6) is -0.744. The van der Waals surface area contributed by atoms with Crippen molar-refractivity contribution in [3.8, 4) is 0 Å². The molecule has 0 aromatic carbocycles. The van der Waals surface area contributed by atoms with Gasteiger partial charge in [-0.2, -0.15) is 17.5 Å². The van der Waals surface area contributed by atoms with Crippen molar-refractivity contribution >= 4 is 27.2 Å². The Labute approximate surface area is 91.3 Å². The van der Waals surface area contributed by atoms with E-state index in [2.05, 4.69) is 12.2 Å². The van der Waals surface area contributed by atoms with Crippen LogP contribution in [0.15, 0.2) is 0 Å². The van der Waals surface area contributed by atoms with Gasteiger partial charge in [-0.1, -0.05) is 19.1 Å². The molecule has 0 aliphatic carbocycles. The van der Waals surface area contributed by atoms with Crippen molar-refractivity contribution in [1.29, 1.82) is 0 Å². The highest BCUT2D eigenvalue weighted by atomic mass is 32.2. The minimum Gasteiger partial charge on any atom is -0.392 e. The van der Waals surface area contributed by atoms with E-state index in [0.717, 1.165) is 0 Å². The van der Waals surface area contributed by atoms with Crippen molar-refractivity contribution in [2.75, 3.05) is 18.8 Å². The molecule has 0 saturated heterocycles. The van der Waals surface area contributed by atoms with E-state index in [-0.39, 0.29) is 11.5 Å². The molecule has 0 heterocycles. The second kappa shape index (κ2) is 5.08. The topological polar surface area (TPSA) is 63.4 Å². The van der Waals surface area contributed by atoms with Crippen LogP contribution in [0.1, 0.15) is 6.92 Å². The molecule has 90 valence electrons. The normalized spacial score (nSPS) is 13.1. The molecule has 0 aliphatic heterocycles. The molecule has 9 heteroatoms. The van der Waals surface area contributed by atoms with E-state index in [1.807, 2.05) is 0 Å². The van der Waals surface area contributed by atoms with Crippen LogP contribution in [-0.4, -0.2) is 42.7 Å². The Balaban J connectivity index is 4.74. The van der Waals surface area contributed by atoms with Gasteiger partial charge in [0, 0.05) is 6.54 Å². The van der Waals surface area contributed by atoms with Gasteiger partial charge in [0.15, 0.2) is 0 Å². The van der Waals surface area contributed by atoms with Crippen molar-refractivity contribution in [3.63, 3.8) is 0 Å². The van der Waals surface area contributed by atoms with E-state index in [1.165, 1.54) is 6.92 Å². The van der Waals surface area contributed by atoms with E-state index in [9.17, 15) is 21.6 Å². The Bertz CT molecular complexity index is 326. The molecule has 0 amide bonds. The zero-order valence-electron chi connectivity index (χ0n) is 7.91. The molecule has 0 radical (unpaired) electrons. The number of hydrogen-bond donors (Lipinski definition) is 1. The molecule has 0 rings (SSSR count). The number of sulfonamides is 1. The first kappa shape index (κ1) is 14.6. The van der Waals surface area contributed by atoms with Gasteiger partial charge >= 0.3 is 6.18 Å². The zero-order valence-corrected chi connectivity index (χ0v) is 9.55. The van der Waals surface area contributed by atoms with Crippen molar-refractivity contribution < 1.29 is 21.6 Å². The predicted molar refractivity (Wildman–Crippen MR) is 53.9 cm³/mol. The predicted octanol–water partition coefficient (Wildman–Crippen LogP) is 0.487. The van der Waals surface area contributed by atoms with Gasteiger partial charge in [-0.25, -0.2) is 8.42 Å². The highest BCUT2D eigenvalue weighted by Crippen LogP contribution is 2.18. The maximum absolute atomic E-state index is 12.0. The number of hydrogen-bond acceptors (Lipinski definition) is 3. The molecule has 0 unspecified atom stereocenters. The zero-order chi connectivity index (χ0) is 12.3. The molecular weight excluding hydrogens is 253 g/mol. The van der Waals surface area contributed by atoms with E-state index >= 15 is 0 Å². The lowest BCUT2D eigenvalue weighted by atomic mass is 10.6. The first-order chi connectivity index (χ1) is 6.58. The summed E-state index contributed by atoms with van der Waals surface area (Å²) < 4.78 is 58.9. The number of nitrogens with two attached hydrogens (primary N) is 1. The lowest BCUT2D eigenvalue weighted by molar-refractivity contribution is -0.135. The summed E-state index contributed by atoms with van der Waals surface area (Å²) in [6.07, 6.45) is -4.57. The third-order valence-electron chi connectivity index (χ3n) is 1.43. The Kier molecular flexibility index (Phi) is 4.94. The van der Waals surface area contributed by atoms with Gasteiger partial charge in [-0.15, -0.1) is 0 Å². The fourth-order valence-corrected chi connectivity index (χ4v) is 2.60. The third kappa shape index (κ3) is 5.90. The average molecular weight is 264 g/mol. The molecule has 2 N–H and O–H groups in total. The first-order valence-electron chi connectivity index (χ1n) is 3.91. The van der Waals surface area contributed by atoms with Gasteiger partial charge in [0.2, 0.25) is 10.0 Å². The summed E-state index contributed by atoms with van der Waals surface area (Å²) in [6.45, 7) is -0.484. The molecule has 0 aromatic rings. The van der Waals surface area contributed by atoms with Crippen molar-refractivity contribution in [3.05, 3.63) is 0 Å². The minimum absolute atomic E-state index is 0.273. The molecule has 0 saturated carbocycles. The van der Waals surface area contributed by atoms with Gasteiger partial charge in [-0.05, 0) is 0 Å². The molecule has 0 bridgehead atoms. The SMILES string of the molecule is CCN(CC(F)(F)F)S(=O)(=O)CC(N)=S. The summed E-state index contributed by atoms with van der Waals surface area (Å²) in [7, 11) is -4.06. The van der Waals surface area contributed by atoms with Crippen LogP contribution in [0.5, 0.6) is 0 Å². The lowest BCUT2D eigenvalue weighted by Crippen LogP contribution is -2.42. The van der Waals surface area contributed by atoms with E-state index < -0.39 is 28.5 Å². The van der Waals surface area contributed by atoms with E-state index in [1.54, 1.807) is 0 Å². The van der Waals surface area contributed by atoms with Crippen LogP contribution < -0.4 is 5.73 Å². The Hall–Kier alpha value is -0.410. The Morgan fingerprint density at radius 3 is 2.20 bits per heavy atom. The second-order valence-corrected chi connectivity index (χ2v) is 5.26. The van der Waals surface area contributed by atoms with Crippen LogP contribution in [0.4, 0.5) is 13.2 Å². The van der Waals surface area contributed by atoms with Gasteiger partial charge < -0.3 is 5.73 Å². The van der Waals surface area contributed by atoms with E-state index in [0.29, 0.717) is 4.31 Å². The molecule has 4 nitrogen and oxygen atoms in total. The first-order valence-corrected chi connectivity index (χ1v) is 5.93. The van der Waals surface area contributed by atoms with E-state index in [4.69, 9.17) is 5.73 Å². The summed E-state index contributed by atoms with van der Waals surface area (Å²) in [5, 5.41) is 0. The van der Waals surface area contributed by atoms with Gasteiger partial charge in [-0.3, -0.25) is 0 Å². The van der Waals surface area contributed by atoms with Crippen LogP contribution >= 0.6 is 12.2 Å². The van der Waals surface area contributed by atoms with Crippen LogP contribution in [0, 0.1) is 0 Å². The maximum atomic E-state index is 12.0.